The summed E-state index contributed by atoms with van der Waals surface area (Å²) in [4.78, 5) is 72.2. The van der Waals surface area contributed by atoms with Crippen LogP contribution >= 0.6 is 0 Å². The molecule has 2 atom stereocenters. The molecule has 12 nitrogen and oxygen atoms in total. The van der Waals surface area contributed by atoms with Gasteiger partial charge in [0.25, 0.3) is 0 Å². The summed E-state index contributed by atoms with van der Waals surface area (Å²) in [6, 6.07) is 9.74. The predicted molar refractivity (Wildman–Crippen MR) is 187 cm³/mol. The molecular weight excluding hydrogens is 659 g/mol. The first kappa shape index (κ1) is 43.8. The average molecular weight is 705 g/mol. The van der Waals surface area contributed by atoms with E-state index in [1.54, 1.807) is 37.3 Å². The number of hydrogen-bond acceptors (Lipinski definition) is 11. The van der Waals surface area contributed by atoms with Crippen molar-refractivity contribution >= 4 is 77.2 Å². The van der Waals surface area contributed by atoms with E-state index in [9.17, 15) is 33.9 Å². The van der Waals surface area contributed by atoms with E-state index in [-0.39, 0.29) is 85.6 Å². The molecule has 1 N–H and O–H groups in total. The van der Waals surface area contributed by atoms with Gasteiger partial charge in [0.15, 0.2) is 23.1 Å². The Labute approximate surface area is 314 Å². The first-order valence-corrected chi connectivity index (χ1v) is 15.9. The molecule has 2 aromatic carbocycles. The van der Waals surface area contributed by atoms with E-state index in [4.69, 9.17) is 23.7 Å². The van der Waals surface area contributed by atoms with E-state index >= 15 is 0 Å². The van der Waals surface area contributed by atoms with Crippen LogP contribution in [0.1, 0.15) is 82.4 Å². The van der Waals surface area contributed by atoms with Crippen molar-refractivity contribution in [3.05, 3.63) is 65.2 Å². The van der Waals surface area contributed by atoms with E-state index in [0.29, 0.717) is 35.3 Å². The molecule has 0 aromatic heterocycles. The van der Waals surface area contributed by atoms with Crippen molar-refractivity contribution in [1.29, 1.82) is 0 Å². The summed E-state index contributed by atoms with van der Waals surface area (Å²) in [6.45, 7) is 5.28. The number of ketones is 2. The summed E-state index contributed by atoms with van der Waals surface area (Å²) in [5, 5.41) is 9.24. The van der Waals surface area contributed by atoms with Crippen LogP contribution in [0.2, 0.25) is 0 Å². The summed E-state index contributed by atoms with van der Waals surface area (Å²) in [6.07, 6.45) is 4.99. The van der Waals surface area contributed by atoms with Crippen molar-refractivity contribution in [2.24, 2.45) is 0 Å². The average Bonchev–Trinajstić information content (AvgIpc) is 3.03. The number of ether oxygens (including phenoxy) is 5. The van der Waals surface area contributed by atoms with Gasteiger partial charge in [0, 0.05) is 19.3 Å². The fraction of sp³-hybridized carbons (Fsp3) is 0.405. The standard InChI is InChI=1S/C37H44O12.Na.H/c1-6-8-35(42)47-24(3)18-37(44)49-31-17-13-26(20-33(31)46-5)12-16-29(39)22-28(38)15-11-25-10-14-27(32(19-25)45-4)21-30(23-34(40)41)48-36(43)9-7-2;;/h10-17,19-20,24,30H,6-9,18,21-23H2,1-5H3,(H,40,41);;/b15-11+,16-12+;;/t24-,30-;;/m1../s1. The van der Waals surface area contributed by atoms with Crippen LogP contribution in [0, 0.1) is 0 Å². The Morgan fingerprint density at radius 2 is 1.26 bits per heavy atom. The van der Waals surface area contributed by atoms with Gasteiger partial charge in [-0.2, -0.15) is 0 Å². The van der Waals surface area contributed by atoms with E-state index in [2.05, 4.69) is 0 Å². The molecule has 266 valence electrons. The van der Waals surface area contributed by atoms with Crippen LogP contribution in [0.25, 0.3) is 12.2 Å². The molecule has 2 rings (SSSR count). The van der Waals surface area contributed by atoms with Crippen LogP contribution in [-0.4, -0.2) is 96.5 Å². The zero-order valence-electron chi connectivity index (χ0n) is 28.5. The number of allylic oxidation sites excluding steroid dienone is 2. The fourth-order valence-electron chi connectivity index (χ4n) is 4.55. The molecule has 2 aromatic rings. The molecule has 0 bridgehead atoms. The van der Waals surface area contributed by atoms with Crippen LogP contribution in [0.3, 0.4) is 0 Å². The summed E-state index contributed by atoms with van der Waals surface area (Å²) in [7, 11) is 2.85. The Morgan fingerprint density at radius 1 is 0.720 bits per heavy atom. The molecule has 0 fully saturated rings. The number of hydrogen-bond donors (Lipinski definition) is 1. The van der Waals surface area contributed by atoms with Gasteiger partial charge in [-0.15, -0.1) is 0 Å². The second-order valence-electron chi connectivity index (χ2n) is 11.2. The van der Waals surface area contributed by atoms with Crippen LogP contribution in [0.4, 0.5) is 0 Å². The van der Waals surface area contributed by atoms with E-state index in [1.807, 2.05) is 13.8 Å². The van der Waals surface area contributed by atoms with Gasteiger partial charge in [-0.25, -0.2) is 0 Å². The van der Waals surface area contributed by atoms with Crippen molar-refractivity contribution < 1.29 is 57.6 Å². The number of rotatable bonds is 21. The number of esters is 3. The first-order valence-electron chi connectivity index (χ1n) is 15.9. The Balaban J connectivity index is 0.0000125. The Kier molecular flexibility index (Phi) is 20.3. The maximum atomic E-state index is 12.5. The Morgan fingerprint density at radius 3 is 1.80 bits per heavy atom. The Hall–Kier alpha value is -4.26. The van der Waals surface area contributed by atoms with Gasteiger partial charge in [-0.1, -0.05) is 44.2 Å². The van der Waals surface area contributed by atoms with Gasteiger partial charge in [0.05, 0.1) is 33.5 Å². The van der Waals surface area contributed by atoms with Crippen molar-refractivity contribution in [3.8, 4) is 17.2 Å². The van der Waals surface area contributed by atoms with Gasteiger partial charge >= 0.3 is 53.4 Å². The quantitative estimate of drug-likeness (QED) is 0.0603. The number of methoxy groups -OCH3 is 2. The predicted octanol–water partition coefficient (Wildman–Crippen LogP) is 5.07. The van der Waals surface area contributed by atoms with Gasteiger partial charge in [0.2, 0.25) is 0 Å². The SMILES string of the molecule is CCCC(=O)O[C@@H](CC(=O)O)Cc1ccc(/C=C/C(=O)CC(=O)/C=C/c2ccc(OC(=O)C[C@@H](C)OC(=O)CCC)c(OC)c2)cc1OC.[NaH]. The van der Waals surface area contributed by atoms with E-state index in [1.165, 1.54) is 44.6 Å². The second kappa shape index (κ2) is 23.2. The number of aliphatic carboxylic acids is 1. The van der Waals surface area contributed by atoms with Gasteiger partial charge in [-0.3, -0.25) is 28.8 Å². The number of carbonyl (C=O) groups excluding carboxylic acids is 5. The van der Waals surface area contributed by atoms with Gasteiger partial charge in [-0.05, 0) is 66.8 Å². The molecule has 0 saturated carbocycles. The van der Waals surface area contributed by atoms with Gasteiger partial charge in [0.1, 0.15) is 18.0 Å². The molecule has 50 heavy (non-hydrogen) atoms. The molecule has 0 spiro atoms. The first-order chi connectivity index (χ1) is 23.4. The van der Waals surface area contributed by atoms with Gasteiger partial charge < -0.3 is 28.8 Å². The minimum absolute atomic E-state index is 0. The number of carboxylic acids is 1. The van der Waals surface area contributed by atoms with Crippen molar-refractivity contribution in [1.82, 2.24) is 0 Å². The number of carbonyl (C=O) groups is 6. The molecule has 0 amide bonds. The van der Waals surface area contributed by atoms with Crippen LogP contribution in [0.15, 0.2) is 48.6 Å². The van der Waals surface area contributed by atoms with Crippen molar-refractivity contribution in [2.75, 3.05) is 14.2 Å². The third-order valence-corrected chi connectivity index (χ3v) is 6.84. The zero-order valence-corrected chi connectivity index (χ0v) is 28.5. The molecule has 0 saturated heterocycles. The molecule has 0 radical (unpaired) electrons. The molecule has 0 aliphatic rings. The molecule has 0 heterocycles. The molecule has 0 aliphatic carbocycles. The monoisotopic (exact) mass is 704 g/mol. The summed E-state index contributed by atoms with van der Waals surface area (Å²) < 4.78 is 26.7. The summed E-state index contributed by atoms with van der Waals surface area (Å²) >= 11 is 0. The third-order valence-electron chi connectivity index (χ3n) is 6.84. The van der Waals surface area contributed by atoms with E-state index < -0.39 is 41.7 Å². The van der Waals surface area contributed by atoms with Crippen LogP contribution < -0.4 is 14.2 Å². The fourth-order valence-corrected chi connectivity index (χ4v) is 4.55. The second-order valence-corrected chi connectivity index (χ2v) is 11.2. The van der Waals surface area contributed by atoms with E-state index in [0.717, 1.165) is 0 Å². The topological polar surface area (TPSA) is 169 Å². The van der Waals surface area contributed by atoms with Crippen molar-refractivity contribution in [3.63, 3.8) is 0 Å². The molecule has 13 heteroatoms. The molecular formula is C37H45NaO12. The minimum atomic E-state index is -1.10. The zero-order chi connectivity index (χ0) is 36.3. The maximum absolute atomic E-state index is 12.5. The molecule has 0 unspecified atom stereocenters. The Bertz CT molecular complexity index is 1540. The van der Waals surface area contributed by atoms with Crippen molar-refractivity contribution in [2.45, 2.75) is 84.3 Å². The number of carboxylic acid groups (broad SMARTS) is 1. The number of benzene rings is 2. The van der Waals surface area contributed by atoms with Crippen LogP contribution in [0.5, 0.6) is 17.2 Å². The summed E-state index contributed by atoms with van der Waals surface area (Å²) in [5.41, 5.74) is 1.80. The normalized spacial score (nSPS) is 12.0. The summed E-state index contributed by atoms with van der Waals surface area (Å²) in [5.74, 6) is -2.60. The third kappa shape index (κ3) is 16.4. The molecule has 0 aliphatic heterocycles. The van der Waals surface area contributed by atoms with Crippen LogP contribution in [-0.2, 0) is 44.7 Å².